The van der Waals surface area contributed by atoms with Crippen LogP contribution in [-0.2, 0) is 4.84 Å². The first-order chi connectivity index (χ1) is 9.34. The van der Waals surface area contributed by atoms with Crippen molar-refractivity contribution in [1.82, 2.24) is 0 Å². The Morgan fingerprint density at radius 2 is 1.63 bits per heavy atom. The molecule has 2 nitrogen and oxygen atoms in total. The van der Waals surface area contributed by atoms with Crippen LogP contribution < -0.4 is 5.30 Å². The van der Waals surface area contributed by atoms with Gasteiger partial charge in [-0.15, -0.1) is 0 Å². The van der Waals surface area contributed by atoms with Crippen LogP contribution in [0.25, 0.3) is 0 Å². The average Bonchev–Trinajstić information content (AvgIpc) is 2.98. The van der Waals surface area contributed by atoms with Crippen LogP contribution in [0.1, 0.15) is 12.0 Å². The third-order valence-electron chi connectivity index (χ3n) is 3.35. The normalized spacial score (nSPS) is 19.6. The lowest BCUT2D eigenvalue weighted by Gasteiger charge is -2.17. The Morgan fingerprint density at radius 1 is 1.00 bits per heavy atom. The summed E-state index contributed by atoms with van der Waals surface area (Å²) in [5.41, 5.74) is 2.23. The molecule has 19 heavy (non-hydrogen) atoms. The van der Waals surface area contributed by atoms with E-state index in [0.717, 1.165) is 12.1 Å². The lowest BCUT2D eigenvalue weighted by atomic mass is 10.1. The van der Waals surface area contributed by atoms with Crippen molar-refractivity contribution in [2.24, 2.45) is 5.16 Å². The maximum atomic E-state index is 5.65. The van der Waals surface area contributed by atoms with Crippen LogP contribution >= 0.6 is 7.92 Å². The van der Waals surface area contributed by atoms with E-state index in [0.29, 0.717) is 0 Å². The van der Waals surface area contributed by atoms with Crippen LogP contribution in [0.5, 0.6) is 0 Å². The summed E-state index contributed by atoms with van der Waals surface area (Å²) in [5.74, 6) is 0.201. The minimum absolute atomic E-state index is 0.201. The van der Waals surface area contributed by atoms with Gasteiger partial charge in [0, 0.05) is 6.42 Å². The number of nitrogens with zero attached hydrogens (tertiary/aromatic N) is 1. The van der Waals surface area contributed by atoms with Crippen LogP contribution in [0, 0.1) is 0 Å². The Bertz CT molecular complexity index is 568. The fraction of sp³-hybridized carbons (Fsp3) is 0.188. The second-order valence-corrected chi connectivity index (χ2v) is 6.93. The molecule has 0 aliphatic carbocycles. The molecule has 0 aromatic heterocycles. The van der Waals surface area contributed by atoms with Crippen molar-refractivity contribution in [3.63, 3.8) is 0 Å². The number of rotatable bonds is 3. The zero-order valence-corrected chi connectivity index (χ0v) is 11.8. The third kappa shape index (κ3) is 2.69. The molecule has 1 aliphatic rings. The molecule has 0 spiro atoms. The second-order valence-electron chi connectivity index (χ2n) is 4.61. The van der Waals surface area contributed by atoms with E-state index in [1.807, 2.05) is 24.3 Å². The molecule has 0 saturated heterocycles. The van der Waals surface area contributed by atoms with Gasteiger partial charge in [-0.2, -0.15) is 0 Å². The summed E-state index contributed by atoms with van der Waals surface area (Å²) in [6.45, 7) is 2.26. The van der Waals surface area contributed by atoms with Gasteiger partial charge in [-0.05, 0) is 25.5 Å². The summed E-state index contributed by atoms with van der Waals surface area (Å²) in [4.78, 5) is 5.65. The molecule has 1 aliphatic heterocycles. The number of hydrogen-bond acceptors (Lipinski definition) is 2. The summed E-state index contributed by atoms with van der Waals surface area (Å²) >= 11 is 0. The van der Waals surface area contributed by atoms with E-state index in [9.17, 15) is 0 Å². The van der Waals surface area contributed by atoms with Gasteiger partial charge in [0.15, 0.2) is 5.85 Å². The number of hydrogen-bond donors (Lipinski definition) is 0. The summed E-state index contributed by atoms with van der Waals surface area (Å²) in [7, 11) is -0.331. The maximum absolute atomic E-state index is 5.65. The molecule has 2 atom stereocenters. The van der Waals surface area contributed by atoms with Crippen molar-refractivity contribution in [2.75, 3.05) is 6.66 Å². The van der Waals surface area contributed by atoms with Crippen LogP contribution in [0.2, 0.25) is 0 Å². The van der Waals surface area contributed by atoms with E-state index in [2.05, 4.69) is 48.2 Å². The summed E-state index contributed by atoms with van der Waals surface area (Å²) in [6.07, 6.45) is 0.904. The lowest BCUT2D eigenvalue weighted by Crippen LogP contribution is -2.13. The highest BCUT2D eigenvalue weighted by atomic mass is 31.1. The van der Waals surface area contributed by atoms with E-state index in [1.54, 1.807) is 0 Å². The SMILES string of the molecule is CP(c1ccccc1)C1CC(c2ccccc2)=NO1. The zero-order valence-electron chi connectivity index (χ0n) is 10.9. The Morgan fingerprint density at radius 3 is 2.32 bits per heavy atom. The monoisotopic (exact) mass is 269 g/mol. The third-order valence-corrected chi connectivity index (χ3v) is 5.61. The standard InChI is InChI=1S/C16H16NOP/c1-19(14-10-6-3-7-11-14)16-12-15(17-18-16)13-8-4-2-5-9-13/h2-11,16H,12H2,1H3. The van der Waals surface area contributed by atoms with E-state index in [4.69, 9.17) is 4.84 Å². The van der Waals surface area contributed by atoms with Crippen molar-refractivity contribution in [3.8, 4) is 0 Å². The lowest BCUT2D eigenvalue weighted by molar-refractivity contribution is 0.145. The van der Waals surface area contributed by atoms with Crippen LogP contribution in [-0.4, -0.2) is 18.2 Å². The van der Waals surface area contributed by atoms with Crippen LogP contribution in [0.3, 0.4) is 0 Å². The predicted octanol–water partition coefficient (Wildman–Crippen LogP) is 3.57. The van der Waals surface area contributed by atoms with Gasteiger partial charge in [-0.25, -0.2) is 0 Å². The maximum Gasteiger partial charge on any atom is 0.155 e. The molecule has 1 heterocycles. The van der Waals surface area contributed by atoms with Gasteiger partial charge in [-0.1, -0.05) is 65.8 Å². The van der Waals surface area contributed by atoms with Gasteiger partial charge in [0.05, 0.1) is 5.71 Å². The largest absolute Gasteiger partial charge is 0.387 e. The van der Waals surface area contributed by atoms with E-state index in [1.165, 1.54) is 10.9 Å². The summed E-state index contributed by atoms with van der Waals surface area (Å²) in [5, 5.41) is 5.63. The molecule has 0 amide bonds. The molecule has 0 N–H and O–H groups in total. The van der Waals surface area contributed by atoms with Crippen molar-refractivity contribution in [2.45, 2.75) is 12.3 Å². The Hall–Kier alpha value is -1.66. The minimum atomic E-state index is -0.331. The van der Waals surface area contributed by atoms with Gasteiger partial charge < -0.3 is 4.84 Å². The molecular weight excluding hydrogens is 253 g/mol. The highest BCUT2D eigenvalue weighted by molar-refractivity contribution is 7.65. The highest BCUT2D eigenvalue weighted by Gasteiger charge is 2.27. The summed E-state index contributed by atoms with van der Waals surface area (Å²) < 4.78 is 0. The van der Waals surface area contributed by atoms with Crippen molar-refractivity contribution >= 4 is 18.9 Å². The number of oxime groups is 1. The minimum Gasteiger partial charge on any atom is -0.387 e. The number of benzene rings is 2. The Balaban J connectivity index is 1.72. The second kappa shape index (κ2) is 5.54. The van der Waals surface area contributed by atoms with Gasteiger partial charge >= 0.3 is 0 Å². The van der Waals surface area contributed by atoms with Gasteiger partial charge in [-0.3, -0.25) is 0 Å². The van der Waals surface area contributed by atoms with Gasteiger partial charge in [0.25, 0.3) is 0 Å². The van der Waals surface area contributed by atoms with E-state index >= 15 is 0 Å². The van der Waals surface area contributed by atoms with Crippen molar-refractivity contribution in [1.29, 1.82) is 0 Å². The molecule has 2 aromatic carbocycles. The quantitative estimate of drug-likeness (QED) is 0.780. The van der Waals surface area contributed by atoms with E-state index in [-0.39, 0.29) is 13.8 Å². The van der Waals surface area contributed by atoms with E-state index < -0.39 is 0 Å². The predicted molar refractivity (Wildman–Crippen MR) is 81.4 cm³/mol. The first-order valence-corrected chi connectivity index (χ1v) is 8.26. The Labute approximate surface area is 114 Å². The topological polar surface area (TPSA) is 21.6 Å². The zero-order chi connectivity index (χ0) is 13.1. The average molecular weight is 269 g/mol. The van der Waals surface area contributed by atoms with Crippen molar-refractivity contribution in [3.05, 3.63) is 66.2 Å². The van der Waals surface area contributed by atoms with Crippen LogP contribution in [0.4, 0.5) is 0 Å². The molecule has 2 unspecified atom stereocenters. The molecule has 0 saturated carbocycles. The molecular formula is C16H16NOP. The Kier molecular flexibility index (Phi) is 3.61. The molecule has 0 radical (unpaired) electrons. The molecule has 96 valence electrons. The smallest absolute Gasteiger partial charge is 0.155 e. The molecule has 3 rings (SSSR count). The fourth-order valence-electron chi connectivity index (χ4n) is 2.20. The first-order valence-electron chi connectivity index (χ1n) is 6.40. The fourth-order valence-corrected chi connectivity index (χ4v) is 3.81. The van der Waals surface area contributed by atoms with Crippen LogP contribution in [0.15, 0.2) is 65.8 Å². The molecule has 0 bridgehead atoms. The molecule has 3 heteroatoms. The van der Waals surface area contributed by atoms with Gasteiger partial charge in [0.1, 0.15) is 0 Å². The first kappa shape index (κ1) is 12.4. The molecule has 2 aromatic rings. The van der Waals surface area contributed by atoms with Gasteiger partial charge in [0.2, 0.25) is 0 Å². The summed E-state index contributed by atoms with van der Waals surface area (Å²) in [6, 6.07) is 20.8. The molecule has 0 fully saturated rings. The van der Waals surface area contributed by atoms with Crippen molar-refractivity contribution < 1.29 is 4.84 Å². The highest BCUT2D eigenvalue weighted by Crippen LogP contribution is 2.41.